The number of hydrogen-bond donors (Lipinski definition) is 0. The van der Waals surface area contributed by atoms with Crippen molar-refractivity contribution in [3.05, 3.63) is 27.7 Å². The van der Waals surface area contributed by atoms with Gasteiger partial charge in [-0.3, -0.25) is 4.79 Å². The number of hydrogen-bond acceptors (Lipinski definition) is 3. The molecule has 1 aliphatic rings. The highest BCUT2D eigenvalue weighted by Gasteiger charge is 2.20. The minimum Gasteiger partial charge on any atom is -0.330 e. The van der Waals surface area contributed by atoms with E-state index in [-0.39, 0.29) is 5.91 Å². The van der Waals surface area contributed by atoms with Crippen molar-refractivity contribution in [1.29, 1.82) is 0 Å². The minimum atomic E-state index is -0.00174. The fourth-order valence-corrected chi connectivity index (χ4v) is 2.32. The van der Waals surface area contributed by atoms with Gasteiger partial charge in [-0.05, 0) is 27.5 Å². The quantitative estimate of drug-likeness (QED) is 0.722. The first-order chi connectivity index (χ1) is 6.29. The van der Waals surface area contributed by atoms with Gasteiger partial charge in [-0.1, -0.05) is 12.2 Å². The Balaban J connectivity index is 2.18. The SMILES string of the molecule is O=C(c1nscc1Br)N1CC=CC1. The Bertz CT molecular complexity index is 353. The molecule has 0 bridgehead atoms. The molecule has 0 N–H and O–H groups in total. The van der Waals surface area contributed by atoms with Crippen LogP contribution in [0.5, 0.6) is 0 Å². The number of carbonyl (C=O) groups is 1. The molecule has 0 radical (unpaired) electrons. The molecular formula is C8H7BrN2OS. The summed E-state index contributed by atoms with van der Waals surface area (Å²) in [5, 5.41) is 1.82. The van der Waals surface area contributed by atoms with E-state index in [1.807, 2.05) is 17.5 Å². The fraction of sp³-hybridized carbons (Fsp3) is 0.250. The second-order valence-electron chi connectivity index (χ2n) is 2.69. The molecule has 2 heterocycles. The van der Waals surface area contributed by atoms with Crippen molar-refractivity contribution in [1.82, 2.24) is 9.27 Å². The van der Waals surface area contributed by atoms with E-state index in [9.17, 15) is 4.79 Å². The molecule has 1 aliphatic heterocycles. The molecule has 68 valence electrons. The van der Waals surface area contributed by atoms with E-state index in [0.29, 0.717) is 18.8 Å². The highest BCUT2D eigenvalue weighted by molar-refractivity contribution is 9.10. The van der Waals surface area contributed by atoms with Crippen LogP contribution in [0.2, 0.25) is 0 Å². The van der Waals surface area contributed by atoms with Crippen molar-refractivity contribution in [2.75, 3.05) is 13.1 Å². The van der Waals surface area contributed by atoms with Crippen LogP contribution in [0.3, 0.4) is 0 Å². The molecule has 1 amide bonds. The Morgan fingerprint density at radius 3 is 2.77 bits per heavy atom. The normalized spacial score (nSPS) is 15.3. The molecule has 0 fully saturated rings. The number of rotatable bonds is 1. The lowest BCUT2D eigenvalue weighted by Gasteiger charge is -2.13. The van der Waals surface area contributed by atoms with Gasteiger partial charge in [-0.15, -0.1) is 0 Å². The standard InChI is InChI=1S/C8H7BrN2OS/c9-6-5-13-10-7(6)8(12)11-3-1-2-4-11/h1-2,5H,3-4H2. The smallest absolute Gasteiger partial charge is 0.275 e. The predicted molar refractivity (Wildman–Crippen MR) is 54.9 cm³/mol. The van der Waals surface area contributed by atoms with Gasteiger partial charge in [0.15, 0.2) is 5.69 Å². The Kier molecular flexibility index (Phi) is 2.46. The van der Waals surface area contributed by atoms with Gasteiger partial charge in [-0.2, -0.15) is 4.37 Å². The molecule has 1 aromatic heterocycles. The highest BCUT2D eigenvalue weighted by Crippen LogP contribution is 2.19. The van der Waals surface area contributed by atoms with Crippen LogP contribution in [0.25, 0.3) is 0 Å². The maximum Gasteiger partial charge on any atom is 0.275 e. The number of nitrogens with zero attached hydrogens (tertiary/aromatic N) is 2. The van der Waals surface area contributed by atoms with E-state index in [1.54, 1.807) is 4.90 Å². The van der Waals surface area contributed by atoms with Crippen molar-refractivity contribution in [2.45, 2.75) is 0 Å². The average molecular weight is 259 g/mol. The summed E-state index contributed by atoms with van der Waals surface area (Å²) in [4.78, 5) is 13.5. The zero-order valence-electron chi connectivity index (χ0n) is 6.74. The lowest BCUT2D eigenvalue weighted by molar-refractivity contribution is 0.0794. The van der Waals surface area contributed by atoms with Crippen molar-refractivity contribution in [2.24, 2.45) is 0 Å². The van der Waals surface area contributed by atoms with Gasteiger partial charge >= 0.3 is 0 Å². The maximum absolute atomic E-state index is 11.7. The molecule has 0 spiro atoms. The zero-order chi connectivity index (χ0) is 9.26. The van der Waals surface area contributed by atoms with Crippen molar-refractivity contribution in [3.8, 4) is 0 Å². The Morgan fingerprint density at radius 2 is 2.23 bits per heavy atom. The van der Waals surface area contributed by atoms with Gasteiger partial charge in [0.1, 0.15) is 0 Å². The van der Waals surface area contributed by atoms with Gasteiger partial charge in [0.25, 0.3) is 5.91 Å². The van der Waals surface area contributed by atoms with Crippen LogP contribution in [-0.2, 0) is 0 Å². The average Bonchev–Trinajstić information content (AvgIpc) is 2.72. The predicted octanol–water partition coefficient (Wildman–Crippen LogP) is 1.92. The molecule has 3 nitrogen and oxygen atoms in total. The van der Waals surface area contributed by atoms with Crippen molar-refractivity contribution >= 4 is 33.4 Å². The summed E-state index contributed by atoms with van der Waals surface area (Å²) in [5.41, 5.74) is 0.522. The molecule has 0 aromatic carbocycles. The van der Waals surface area contributed by atoms with E-state index in [1.165, 1.54) is 11.5 Å². The van der Waals surface area contributed by atoms with Gasteiger partial charge in [-0.25, -0.2) is 0 Å². The number of amides is 1. The van der Waals surface area contributed by atoms with E-state index >= 15 is 0 Å². The number of halogens is 1. The van der Waals surface area contributed by atoms with Gasteiger partial charge in [0, 0.05) is 18.5 Å². The van der Waals surface area contributed by atoms with Crippen LogP contribution in [-0.4, -0.2) is 28.3 Å². The summed E-state index contributed by atoms with van der Waals surface area (Å²) in [5.74, 6) is -0.00174. The topological polar surface area (TPSA) is 33.2 Å². The van der Waals surface area contributed by atoms with Crippen molar-refractivity contribution in [3.63, 3.8) is 0 Å². The van der Waals surface area contributed by atoms with E-state index < -0.39 is 0 Å². The van der Waals surface area contributed by atoms with Crippen LogP contribution in [0.15, 0.2) is 22.0 Å². The Hall–Kier alpha value is -0.680. The third-order valence-electron chi connectivity index (χ3n) is 1.83. The molecule has 5 heteroatoms. The van der Waals surface area contributed by atoms with Crippen molar-refractivity contribution < 1.29 is 4.79 Å². The zero-order valence-corrected chi connectivity index (χ0v) is 9.14. The number of aromatic nitrogens is 1. The molecule has 0 saturated heterocycles. The highest BCUT2D eigenvalue weighted by atomic mass is 79.9. The fourth-order valence-electron chi connectivity index (χ4n) is 1.16. The van der Waals surface area contributed by atoms with E-state index in [4.69, 9.17) is 0 Å². The maximum atomic E-state index is 11.7. The second kappa shape index (κ2) is 3.59. The van der Waals surface area contributed by atoms with Crippen LogP contribution < -0.4 is 0 Å². The second-order valence-corrected chi connectivity index (χ2v) is 4.18. The first-order valence-electron chi connectivity index (χ1n) is 3.83. The number of carbonyl (C=O) groups excluding carboxylic acids is 1. The minimum absolute atomic E-state index is 0.00174. The van der Waals surface area contributed by atoms with Gasteiger partial charge in [0.05, 0.1) is 4.47 Å². The Labute approximate surface area is 88.4 Å². The molecule has 1 aromatic rings. The third-order valence-corrected chi connectivity index (χ3v) is 3.37. The summed E-state index contributed by atoms with van der Waals surface area (Å²) >= 11 is 4.58. The molecule has 0 unspecified atom stereocenters. The Morgan fingerprint density at radius 1 is 1.54 bits per heavy atom. The lowest BCUT2D eigenvalue weighted by atomic mass is 10.4. The van der Waals surface area contributed by atoms with Crippen LogP contribution >= 0.6 is 27.5 Å². The van der Waals surface area contributed by atoms with E-state index in [2.05, 4.69) is 20.3 Å². The van der Waals surface area contributed by atoms with Gasteiger partial charge in [0.2, 0.25) is 0 Å². The van der Waals surface area contributed by atoms with Crippen LogP contribution in [0.1, 0.15) is 10.5 Å². The molecule has 2 rings (SSSR count). The van der Waals surface area contributed by atoms with Gasteiger partial charge < -0.3 is 4.90 Å². The first-order valence-corrected chi connectivity index (χ1v) is 5.46. The molecule has 0 atom stereocenters. The molecule has 0 saturated carbocycles. The molecule has 0 aliphatic carbocycles. The molecular weight excluding hydrogens is 252 g/mol. The summed E-state index contributed by atoms with van der Waals surface area (Å²) < 4.78 is 4.82. The summed E-state index contributed by atoms with van der Waals surface area (Å²) in [6.07, 6.45) is 3.97. The van der Waals surface area contributed by atoms with Crippen LogP contribution in [0, 0.1) is 0 Å². The summed E-state index contributed by atoms with van der Waals surface area (Å²) in [6, 6.07) is 0. The van der Waals surface area contributed by atoms with E-state index in [0.717, 1.165) is 4.47 Å². The monoisotopic (exact) mass is 258 g/mol. The lowest BCUT2D eigenvalue weighted by Crippen LogP contribution is -2.28. The summed E-state index contributed by atoms with van der Waals surface area (Å²) in [6.45, 7) is 1.39. The van der Waals surface area contributed by atoms with Crippen LogP contribution in [0.4, 0.5) is 0 Å². The molecule has 13 heavy (non-hydrogen) atoms. The third kappa shape index (κ3) is 1.66. The summed E-state index contributed by atoms with van der Waals surface area (Å²) in [7, 11) is 0. The largest absolute Gasteiger partial charge is 0.330 e. The first kappa shape index (κ1) is 8.90.